The Labute approximate surface area is 145 Å². The van der Waals surface area contributed by atoms with E-state index in [1.165, 1.54) is 6.07 Å². The topological polar surface area (TPSA) is 63.7 Å². The summed E-state index contributed by atoms with van der Waals surface area (Å²) in [4.78, 5) is 17.8. The molecule has 25 heavy (non-hydrogen) atoms. The second-order valence-electron chi connectivity index (χ2n) is 5.76. The van der Waals surface area contributed by atoms with Crippen LogP contribution < -0.4 is 14.8 Å². The fourth-order valence-corrected chi connectivity index (χ4v) is 2.71. The molecule has 0 aliphatic carbocycles. The number of anilines is 1. The lowest BCUT2D eigenvalue weighted by atomic mass is 10.1. The summed E-state index contributed by atoms with van der Waals surface area (Å²) in [5, 5.41) is 2.86. The van der Waals surface area contributed by atoms with Crippen LogP contribution in [0.15, 0.2) is 42.5 Å². The number of pyridine rings is 1. The zero-order valence-corrected chi connectivity index (χ0v) is 13.9. The van der Waals surface area contributed by atoms with Crippen LogP contribution in [0.2, 0.25) is 0 Å². The van der Waals surface area contributed by atoms with Gasteiger partial charge in [0.1, 0.15) is 11.9 Å². The van der Waals surface area contributed by atoms with Crippen molar-refractivity contribution in [2.45, 2.75) is 18.9 Å². The van der Waals surface area contributed by atoms with E-state index >= 15 is 0 Å². The molecule has 1 N–H and O–H groups in total. The van der Waals surface area contributed by atoms with E-state index in [0.717, 1.165) is 0 Å². The first-order valence-electron chi connectivity index (χ1n) is 8.13. The Bertz CT molecular complexity index is 733. The summed E-state index contributed by atoms with van der Waals surface area (Å²) < 4.78 is 23.9. The highest BCUT2D eigenvalue weighted by atomic mass is 19.1. The summed E-state index contributed by atoms with van der Waals surface area (Å²) in [5.41, 5.74) is 0.687. The molecule has 0 atom stereocenters. The Balaban J connectivity index is 1.50. The number of benzene rings is 1. The van der Waals surface area contributed by atoms with Crippen LogP contribution >= 0.6 is 0 Å². The molecule has 1 aromatic carbocycles. The molecule has 0 saturated carbocycles. The zero-order valence-electron chi connectivity index (χ0n) is 13.9. The van der Waals surface area contributed by atoms with Crippen molar-refractivity contribution >= 4 is 11.7 Å². The van der Waals surface area contributed by atoms with Crippen molar-refractivity contribution < 1.29 is 18.7 Å². The first kappa shape index (κ1) is 17.0. The number of methoxy groups -OCH3 is 1. The second-order valence-corrected chi connectivity index (χ2v) is 5.76. The minimum atomic E-state index is -0.562. The van der Waals surface area contributed by atoms with Crippen molar-refractivity contribution in [3.05, 3.63) is 48.4 Å². The van der Waals surface area contributed by atoms with Gasteiger partial charge in [0.05, 0.1) is 7.11 Å². The molecule has 1 aliphatic rings. The smallest absolute Gasteiger partial charge is 0.321 e. The highest BCUT2D eigenvalue weighted by molar-refractivity contribution is 5.89. The predicted octanol–water partition coefficient (Wildman–Crippen LogP) is 3.30. The second kappa shape index (κ2) is 7.83. The lowest BCUT2D eigenvalue weighted by molar-refractivity contribution is 0.111. The Hall–Kier alpha value is -2.83. The number of urea groups is 1. The van der Waals surface area contributed by atoms with Gasteiger partial charge in [-0.3, -0.25) is 0 Å². The number of carbonyl (C=O) groups excluding carboxylic acids is 1. The maximum Gasteiger partial charge on any atom is 0.321 e. The van der Waals surface area contributed by atoms with Crippen LogP contribution in [-0.4, -0.2) is 42.2 Å². The van der Waals surface area contributed by atoms with Crippen LogP contribution in [0.3, 0.4) is 0 Å². The number of nitrogens with one attached hydrogen (secondary N) is 1. The lowest BCUT2D eigenvalue weighted by Gasteiger charge is -2.31. The minimum Gasteiger partial charge on any atom is -0.497 e. The molecular weight excluding hydrogens is 325 g/mol. The first-order chi connectivity index (χ1) is 12.1. The highest BCUT2D eigenvalue weighted by Crippen LogP contribution is 2.20. The van der Waals surface area contributed by atoms with E-state index in [2.05, 4.69) is 10.3 Å². The fraction of sp³-hybridized carbons (Fsp3) is 0.333. The summed E-state index contributed by atoms with van der Waals surface area (Å²) in [5.74, 6) is 0.402. The number of piperidine rings is 1. The summed E-state index contributed by atoms with van der Waals surface area (Å²) in [6.07, 6.45) is 1.27. The number of amides is 2. The molecule has 132 valence electrons. The number of halogens is 1. The van der Waals surface area contributed by atoms with Gasteiger partial charge in [-0.15, -0.1) is 0 Å². The molecule has 2 amide bonds. The van der Waals surface area contributed by atoms with Gasteiger partial charge in [-0.05, 0) is 18.2 Å². The number of aromatic nitrogens is 1. The molecule has 1 aliphatic heterocycles. The van der Waals surface area contributed by atoms with E-state index in [1.807, 2.05) is 18.2 Å². The summed E-state index contributed by atoms with van der Waals surface area (Å²) in [6, 6.07) is 11.5. The van der Waals surface area contributed by atoms with Gasteiger partial charge in [0.2, 0.25) is 11.8 Å². The van der Waals surface area contributed by atoms with E-state index < -0.39 is 5.95 Å². The van der Waals surface area contributed by atoms with E-state index in [1.54, 1.807) is 30.2 Å². The van der Waals surface area contributed by atoms with Crippen molar-refractivity contribution in [3.8, 4) is 11.6 Å². The molecule has 6 nitrogen and oxygen atoms in total. The average molecular weight is 345 g/mol. The SMILES string of the molecule is COc1cccc(NC(=O)N2CCC(Oc3cccc(F)n3)CC2)c1. The number of ether oxygens (including phenoxy) is 2. The van der Waals surface area contributed by atoms with E-state index in [9.17, 15) is 9.18 Å². The Morgan fingerprint density at radius 3 is 2.72 bits per heavy atom. The van der Waals surface area contributed by atoms with Crippen molar-refractivity contribution in [2.24, 2.45) is 0 Å². The third kappa shape index (κ3) is 4.59. The molecule has 2 heterocycles. The molecule has 0 spiro atoms. The maximum atomic E-state index is 13.1. The first-order valence-corrected chi connectivity index (χ1v) is 8.13. The quantitative estimate of drug-likeness (QED) is 0.864. The summed E-state index contributed by atoms with van der Waals surface area (Å²) >= 11 is 0. The van der Waals surface area contributed by atoms with Crippen LogP contribution in [0.4, 0.5) is 14.9 Å². The van der Waals surface area contributed by atoms with Crippen molar-refractivity contribution in [2.75, 3.05) is 25.5 Å². The predicted molar refractivity (Wildman–Crippen MR) is 91.4 cm³/mol. The van der Waals surface area contributed by atoms with Crippen LogP contribution in [0.5, 0.6) is 11.6 Å². The van der Waals surface area contributed by atoms with E-state index in [-0.39, 0.29) is 18.0 Å². The molecule has 0 unspecified atom stereocenters. The van der Waals surface area contributed by atoms with E-state index in [0.29, 0.717) is 37.4 Å². The minimum absolute atomic E-state index is 0.0739. The third-order valence-corrected chi connectivity index (χ3v) is 4.03. The molecule has 0 bridgehead atoms. The third-order valence-electron chi connectivity index (χ3n) is 4.03. The Morgan fingerprint density at radius 2 is 2.00 bits per heavy atom. The average Bonchev–Trinajstić information content (AvgIpc) is 2.62. The van der Waals surface area contributed by atoms with Crippen LogP contribution in [0.25, 0.3) is 0 Å². The number of hydrogen-bond acceptors (Lipinski definition) is 4. The number of likely N-dealkylation sites (tertiary alicyclic amines) is 1. The Morgan fingerprint density at radius 1 is 1.24 bits per heavy atom. The van der Waals surface area contributed by atoms with Gasteiger partial charge in [-0.2, -0.15) is 9.37 Å². The van der Waals surface area contributed by atoms with Gasteiger partial charge >= 0.3 is 6.03 Å². The van der Waals surface area contributed by atoms with Crippen LogP contribution in [0, 0.1) is 5.95 Å². The summed E-state index contributed by atoms with van der Waals surface area (Å²) in [7, 11) is 1.58. The number of hydrogen-bond donors (Lipinski definition) is 1. The molecule has 1 aromatic heterocycles. The van der Waals surface area contributed by atoms with Gasteiger partial charge in [0.25, 0.3) is 0 Å². The lowest BCUT2D eigenvalue weighted by Crippen LogP contribution is -2.43. The largest absolute Gasteiger partial charge is 0.497 e. The van der Waals surface area contributed by atoms with Crippen molar-refractivity contribution in [1.29, 1.82) is 0 Å². The molecule has 0 radical (unpaired) electrons. The van der Waals surface area contributed by atoms with Gasteiger partial charge in [-0.1, -0.05) is 12.1 Å². The standard InChI is InChI=1S/C18H20FN3O3/c1-24-15-5-2-4-13(12-15)20-18(23)22-10-8-14(9-11-22)25-17-7-3-6-16(19)21-17/h2-7,12,14H,8-11H2,1H3,(H,20,23). The normalized spacial score (nSPS) is 14.9. The molecule has 2 aromatic rings. The van der Waals surface area contributed by atoms with E-state index in [4.69, 9.17) is 9.47 Å². The van der Waals surface area contributed by atoms with Gasteiger partial charge in [-0.25, -0.2) is 4.79 Å². The number of rotatable bonds is 4. The van der Waals surface area contributed by atoms with Crippen molar-refractivity contribution in [1.82, 2.24) is 9.88 Å². The number of nitrogens with zero attached hydrogens (tertiary/aromatic N) is 2. The molecule has 3 rings (SSSR count). The molecule has 1 saturated heterocycles. The monoisotopic (exact) mass is 345 g/mol. The zero-order chi connectivity index (χ0) is 17.6. The number of carbonyl (C=O) groups is 1. The van der Waals surface area contributed by atoms with Gasteiger partial charge in [0.15, 0.2) is 0 Å². The van der Waals surface area contributed by atoms with Gasteiger partial charge in [0, 0.05) is 43.8 Å². The van der Waals surface area contributed by atoms with Crippen molar-refractivity contribution in [3.63, 3.8) is 0 Å². The van der Waals surface area contributed by atoms with Crippen LogP contribution in [-0.2, 0) is 0 Å². The molecule has 7 heteroatoms. The fourth-order valence-electron chi connectivity index (χ4n) is 2.71. The highest BCUT2D eigenvalue weighted by Gasteiger charge is 2.24. The summed E-state index contributed by atoms with van der Waals surface area (Å²) in [6.45, 7) is 1.13. The van der Waals surface area contributed by atoms with Crippen LogP contribution in [0.1, 0.15) is 12.8 Å². The molecular formula is C18H20FN3O3. The Kier molecular flexibility index (Phi) is 5.33. The molecule has 1 fully saturated rings. The maximum absolute atomic E-state index is 13.1. The van der Waals surface area contributed by atoms with Gasteiger partial charge < -0.3 is 19.7 Å².